The fraction of sp³-hybridized carbons (Fsp3) is 0.188. The number of nitrogens with zero attached hydrogens (tertiary/aromatic N) is 1. The van der Waals surface area contributed by atoms with E-state index >= 15 is 0 Å². The number of halogens is 2. The summed E-state index contributed by atoms with van der Waals surface area (Å²) in [4.78, 5) is 0. The minimum absolute atomic E-state index is 0.0853. The smallest absolute Gasteiger partial charge is 0.124 e. The van der Waals surface area contributed by atoms with E-state index in [2.05, 4.69) is 0 Å². The molecule has 0 aliphatic heterocycles. The topological polar surface area (TPSA) is 59.0 Å². The molecule has 0 aliphatic carbocycles. The zero-order chi connectivity index (χ0) is 15.4. The molecule has 0 saturated carbocycles. The highest BCUT2D eigenvalue weighted by molar-refractivity contribution is 6.30. The standard InChI is InChI=1S/C16H14ClFN2O/c1-10(20)15-7-13(17)3-5-16(15)21-9-12-6-14(18)4-2-11(12)8-19/h2-7,10H,9,20H2,1H3/t10-/m0/s1. The third-order valence-electron chi connectivity index (χ3n) is 3.03. The van der Waals surface area contributed by atoms with Gasteiger partial charge in [-0.2, -0.15) is 5.26 Å². The second-order valence-corrected chi connectivity index (χ2v) is 5.11. The lowest BCUT2D eigenvalue weighted by Crippen LogP contribution is -2.08. The van der Waals surface area contributed by atoms with Crippen molar-refractivity contribution in [3.05, 3.63) is 63.9 Å². The first-order valence-electron chi connectivity index (χ1n) is 6.37. The number of hydrogen-bond acceptors (Lipinski definition) is 3. The number of nitrogens with two attached hydrogens (primary N) is 1. The maximum Gasteiger partial charge on any atom is 0.124 e. The molecule has 0 heterocycles. The maximum atomic E-state index is 13.3. The normalized spacial score (nSPS) is 11.8. The molecule has 0 unspecified atom stereocenters. The molecule has 1 atom stereocenters. The van der Waals surface area contributed by atoms with Crippen molar-refractivity contribution < 1.29 is 9.13 Å². The highest BCUT2D eigenvalue weighted by atomic mass is 35.5. The molecule has 0 aromatic heterocycles. The van der Waals surface area contributed by atoms with Gasteiger partial charge in [0.2, 0.25) is 0 Å². The Balaban J connectivity index is 2.25. The van der Waals surface area contributed by atoms with E-state index in [9.17, 15) is 4.39 Å². The Morgan fingerprint density at radius 3 is 2.76 bits per heavy atom. The Hall–Kier alpha value is -2.09. The second-order valence-electron chi connectivity index (χ2n) is 4.67. The molecule has 0 fully saturated rings. The molecule has 0 spiro atoms. The molecule has 2 N–H and O–H groups in total. The predicted molar refractivity (Wildman–Crippen MR) is 79.5 cm³/mol. The summed E-state index contributed by atoms with van der Waals surface area (Å²) in [6.45, 7) is 1.91. The predicted octanol–water partition coefficient (Wildman–Crippen LogP) is 3.95. The van der Waals surface area contributed by atoms with Gasteiger partial charge in [0.1, 0.15) is 18.2 Å². The fourth-order valence-electron chi connectivity index (χ4n) is 1.95. The molecule has 2 aromatic carbocycles. The van der Waals surface area contributed by atoms with Gasteiger partial charge < -0.3 is 10.5 Å². The monoisotopic (exact) mass is 304 g/mol. The third kappa shape index (κ3) is 3.72. The van der Waals surface area contributed by atoms with Crippen LogP contribution in [0, 0.1) is 17.1 Å². The van der Waals surface area contributed by atoms with Crippen LogP contribution >= 0.6 is 11.6 Å². The SMILES string of the molecule is C[C@H](N)c1cc(Cl)ccc1OCc1cc(F)ccc1C#N. The van der Waals surface area contributed by atoms with Crippen molar-refractivity contribution in [3.8, 4) is 11.8 Å². The summed E-state index contributed by atoms with van der Waals surface area (Å²) in [7, 11) is 0. The molecule has 2 rings (SSSR count). The fourth-order valence-corrected chi connectivity index (χ4v) is 2.13. The van der Waals surface area contributed by atoms with E-state index in [1.165, 1.54) is 18.2 Å². The third-order valence-corrected chi connectivity index (χ3v) is 3.27. The average molecular weight is 305 g/mol. The summed E-state index contributed by atoms with van der Waals surface area (Å²) in [5.74, 6) is 0.165. The lowest BCUT2D eigenvalue weighted by molar-refractivity contribution is 0.300. The van der Waals surface area contributed by atoms with E-state index in [1.54, 1.807) is 18.2 Å². The largest absolute Gasteiger partial charge is 0.489 e. The number of benzene rings is 2. The molecular weight excluding hydrogens is 291 g/mol. The van der Waals surface area contributed by atoms with Gasteiger partial charge in [-0.1, -0.05) is 11.6 Å². The minimum atomic E-state index is -0.406. The molecule has 0 saturated heterocycles. The van der Waals surface area contributed by atoms with E-state index in [1.807, 2.05) is 13.0 Å². The van der Waals surface area contributed by atoms with Crippen LogP contribution in [0.2, 0.25) is 5.02 Å². The Bertz CT molecular complexity index is 695. The number of ether oxygens (including phenoxy) is 1. The molecule has 0 aliphatic rings. The van der Waals surface area contributed by atoms with Crippen LogP contribution in [0.3, 0.4) is 0 Å². The zero-order valence-electron chi connectivity index (χ0n) is 11.4. The minimum Gasteiger partial charge on any atom is -0.489 e. The van der Waals surface area contributed by atoms with Crippen molar-refractivity contribution in [2.45, 2.75) is 19.6 Å². The van der Waals surface area contributed by atoms with Crippen molar-refractivity contribution in [3.63, 3.8) is 0 Å². The quantitative estimate of drug-likeness (QED) is 0.930. The van der Waals surface area contributed by atoms with Gasteiger partial charge in [-0.15, -0.1) is 0 Å². The number of hydrogen-bond donors (Lipinski definition) is 1. The molecule has 21 heavy (non-hydrogen) atoms. The molecular formula is C16H14ClFN2O. The maximum absolute atomic E-state index is 13.3. The van der Waals surface area contributed by atoms with E-state index in [0.717, 1.165) is 5.56 Å². The van der Waals surface area contributed by atoms with Gasteiger partial charge in [0.25, 0.3) is 0 Å². The molecule has 5 heteroatoms. The van der Waals surface area contributed by atoms with Crippen molar-refractivity contribution in [2.75, 3.05) is 0 Å². The first-order chi connectivity index (χ1) is 10.0. The summed E-state index contributed by atoms with van der Waals surface area (Å²) in [5, 5.41) is 9.59. The molecule has 3 nitrogen and oxygen atoms in total. The summed E-state index contributed by atoms with van der Waals surface area (Å²) in [6, 6.07) is 10.9. The Morgan fingerprint density at radius 2 is 2.10 bits per heavy atom. The summed E-state index contributed by atoms with van der Waals surface area (Å²) in [5.41, 5.74) is 7.51. The molecule has 2 aromatic rings. The second kappa shape index (κ2) is 6.57. The van der Waals surface area contributed by atoms with E-state index < -0.39 is 5.82 Å². The summed E-state index contributed by atoms with van der Waals surface area (Å²) < 4.78 is 18.9. The van der Waals surface area contributed by atoms with Gasteiger partial charge in [-0.3, -0.25) is 0 Å². The van der Waals surface area contributed by atoms with Gasteiger partial charge in [0, 0.05) is 22.2 Å². The summed E-state index contributed by atoms with van der Waals surface area (Å²) in [6.07, 6.45) is 0. The van der Waals surface area contributed by atoms with Gasteiger partial charge in [-0.25, -0.2) is 4.39 Å². The molecule has 0 radical (unpaired) electrons. The Morgan fingerprint density at radius 1 is 1.33 bits per heavy atom. The zero-order valence-corrected chi connectivity index (χ0v) is 12.2. The molecule has 108 valence electrons. The van der Waals surface area contributed by atoms with Gasteiger partial charge in [0.15, 0.2) is 0 Å². The van der Waals surface area contributed by atoms with Gasteiger partial charge >= 0.3 is 0 Å². The Labute approximate surface area is 127 Å². The lowest BCUT2D eigenvalue weighted by atomic mass is 10.1. The molecule has 0 bridgehead atoms. The van der Waals surface area contributed by atoms with Crippen molar-refractivity contribution in [1.82, 2.24) is 0 Å². The van der Waals surface area contributed by atoms with Gasteiger partial charge in [-0.05, 0) is 43.3 Å². The van der Waals surface area contributed by atoms with Crippen LogP contribution in [0.5, 0.6) is 5.75 Å². The first kappa shape index (κ1) is 15.3. The van der Waals surface area contributed by atoms with Crippen LogP contribution in [0.1, 0.15) is 29.7 Å². The van der Waals surface area contributed by atoms with Crippen LogP contribution in [0.4, 0.5) is 4.39 Å². The highest BCUT2D eigenvalue weighted by Crippen LogP contribution is 2.28. The molecule has 0 amide bonds. The number of nitriles is 1. The first-order valence-corrected chi connectivity index (χ1v) is 6.75. The van der Waals surface area contributed by atoms with Crippen LogP contribution in [-0.4, -0.2) is 0 Å². The Kier molecular flexibility index (Phi) is 4.79. The van der Waals surface area contributed by atoms with Crippen molar-refractivity contribution in [2.24, 2.45) is 5.73 Å². The van der Waals surface area contributed by atoms with E-state index in [0.29, 0.717) is 21.9 Å². The summed E-state index contributed by atoms with van der Waals surface area (Å²) >= 11 is 5.94. The number of rotatable bonds is 4. The van der Waals surface area contributed by atoms with E-state index in [4.69, 9.17) is 27.3 Å². The van der Waals surface area contributed by atoms with Crippen LogP contribution < -0.4 is 10.5 Å². The highest BCUT2D eigenvalue weighted by Gasteiger charge is 2.11. The van der Waals surface area contributed by atoms with Crippen LogP contribution in [-0.2, 0) is 6.61 Å². The van der Waals surface area contributed by atoms with Gasteiger partial charge in [0.05, 0.1) is 11.6 Å². The average Bonchev–Trinajstić information content (AvgIpc) is 2.46. The van der Waals surface area contributed by atoms with Crippen LogP contribution in [0.15, 0.2) is 36.4 Å². The van der Waals surface area contributed by atoms with Crippen molar-refractivity contribution in [1.29, 1.82) is 5.26 Å². The van der Waals surface area contributed by atoms with E-state index in [-0.39, 0.29) is 12.6 Å². The van der Waals surface area contributed by atoms with Crippen LogP contribution in [0.25, 0.3) is 0 Å². The van der Waals surface area contributed by atoms with Crippen molar-refractivity contribution >= 4 is 11.6 Å². The lowest BCUT2D eigenvalue weighted by Gasteiger charge is -2.15.